The van der Waals surface area contributed by atoms with Crippen molar-refractivity contribution in [1.29, 1.82) is 0 Å². The van der Waals surface area contributed by atoms with E-state index in [0.29, 0.717) is 18.1 Å². The van der Waals surface area contributed by atoms with Crippen molar-refractivity contribution in [2.45, 2.75) is 27.0 Å². The Morgan fingerprint density at radius 2 is 1.96 bits per heavy atom. The number of benzene rings is 2. The number of aryl methyl sites for hydroxylation is 2. The summed E-state index contributed by atoms with van der Waals surface area (Å²) in [6.07, 6.45) is 0. The number of hydrogen-bond donors (Lipinski definition) is 2. The predicted octanol–water partition coefficient (Wildman–Crippen LogP) is 3.52. The van der Waals surface area contributed by atoms with Gasteiger partial charge in [-0.2, -0.15) is 0 Å². The van der Waals surface area contributed by atoms with E-state index in [1.165, 1.54) is 24.3 Å². The van der Waals surface area contributed by atoms with Gasteiger partial charge in [-0.25, -0.2) is 9.38 Å². The summed E-state index contributed by atoms with van der Waals surface area (Å²) in [6.45, 7) is 4.72. The lowest BCUT2D eigenvalue weighted by atomic mass is 10.1. The van der Waals surface area contributed by atoms with Gasteiger partial charge >= 0.3 is 0 Å². The number of rotatable bonds is 5. The Kier molecular flexibility index (Phi) is 5.71. The third-order valence-electron chi connectivity index (χ3n) is 3.62. The highest BCUT2D eigenvalue weighted by atomic mass is 19.1. The SMILES string of the molecule is COCc1cc(CN=C(N)Nc2ccc(C)c(C)c2)ccc1F. The molecule has 0 fully saturated rings. The van der Waals surface area contributed by atoms with Crippen LogP contribution >= 0.6 is 0 Å². The van der Waals surface area contributed by atoms with Crippen molar-refractivity contribution in [2.24, 2.45) is 10.7 Å². The van der Waals surface area contributed by atoms with E-state index in [2.05, 4.69) is 17.2 Å². The van der Waals surface area contributed by atoms with Crippen LogP contribution in [0.3, 0.4) is 0 Å². The molecule has 0 radical (unpaired) electrons. The zero-order valence-electron chi connectivity index (χ0n) is 13.7. The van der Waals surface area contributed by atoms with E-state index in [4.69, 9.17) is 10.5 Å². The highest BCUT2D eigenvalue weighted by Crippen LogP contribution is 2.15. The van der Waals surface area contributed by atoms with Crippen LogP contribution in [0.15, 0.2) is 41.4 Å². The van der Waals surface area contributed by atoms with Gasteiger partial charge in [0.05, 0.1) is 13.2 Å². The van der Waals surface area contributed by atoms with Gasteiger partial charge in [-0.05, 0) is 54.8 Å². The monoisotopic (exact) mass is 315 g/mol. The molecule has 0 aliphatic heterocycles. The van der Waals surface area contributed by atoms with Gasteiger partial charge < -0.3 is 15.8 Å². The van der Waals surface area contributed by atoms with Crippen molar-refractivity contribution in [3.8, 4) is 0 Å². The summed E-state index contributed by atoms with van der Waals surface area (Å²) >= 11 is 0. The van der Waals surface area contributed by atoms with Crippen molar-refractivity contribution in [2.75, 3.05) is 12.4 Å². The molecule has 0 unspecified atom stereocenters. The maximum absolute atomic E-state index is 13.6. The molecule has 0 aliphatic rings. The molecule has 23 heavy (non-hydrogen) atoms. The molecular formula is C18H22FN3O. The number of hydrogen-bond acceptors (Lipinski definition) is 2. The molecular weight excluding hydrogens is 293 g/mol. The first kappa shape index (κ1) is 17.0. The fraction of sp³-hybridized carbons (Fsp3) is 0.278. The van der Waals surface area contributed by atoms with E-state index in [1.807, 2.05) is 25.1 Å². The second kappa shape index (κ2) is 7.74. The van der Waals surface area contributed by atoms with Gasteiger partial charge in [0.1, 0.15) is 5.82 Å². The molecule has 4 nitrogen and oxygen atoms in total. The summed E-state index contributed by atoms with van der Waals surface area (Å²) in [6, 6.07) is 10.9. The van der Waals surface area contributed by atoms with Crippen LogP contribution in [-0.2, 0) is 17.9 Å². The van der Waals surface area contributed by atoms with E-state index in [1.54, 1.807) is 12.1 Å². The summed E-state index contributed by atoms with van der Waals surface area (Å²) < 4.78 is 18.5. The smallest absolute Gasteiger partial charge is 0.193 e. The van der Waals surface area contributed by atoms with E-state index in [-0.39, 0.29) is 12.4 Å². The Hall–Kier alpha value is -2.40. The molecule has 3 N–H and O–H groups in total. The van der Waals surface area contributed by atoms with Crippen LogP contribution in [-0.4, -0.2) is 13.1 Å². The molecule has 0 heterocycles. The van der Waals surface area contributed by atoms with E-state index < -0.39 is 0 Å². The van der Waals surface area contributed by atoms with Crippen molar-refractivity contribution in [3.05, 3.63) is 64.5 Å². The molecule has 0 spiro atoms. The lowest BCUT2D eigenvalue weighted by Crippen LogP contribution is -2.22. The molecule has 2 aromatic carbocycles. The molecule has 2 rings (SSSR count). The van der Waals surface area contributed by atoms with Crippen molar-refractivity contribution in [1.82, 2.24) is 0 Å². The Morgan fingerprint density at radius 3 is 2.65 bits per heavy atom. The maximum atomic E-state index is 13.6. The standard InChI is InChI=1S/C18H22FN3O/c1-12-4-6-16(8-13(12)2)22-18(20)21-10-14-5-7-17(19)15(9-14)11-23-3/h4-9H,10-11H2,1-3H3,(H3,20,21,22). The van der Waals surface area contributed by atoms with Crippen molar-refractivity contribution < 1.29 is 9.13 Å². The van der Waals surface area contributed by atoms with E-state index in [9.17, 15) is 4.39 Å². The highest BCUT2D eigenvalue weighted by molar-refractivity contribution is 5.92. The molecule has 0 aliphatic carbocycles. The van der Waals surface area contributed by atoms with Crippen LogP contribution in [0.2, 0.25) is 0 Å². The fourth-order valence-corrected chi connectivity index (χ4v) is 2.18. The van der Waals surface area contributed by atoms with Gasteiger partial charge in [0, 0.05) is 18.4 Å². The number of nitrogens with one attached hydrogen (secondary N) is 1. The number of halogens is 1. The molecule has 0 saturated carbocycles. The van der Waals surface area contributed by atoms with Crippen molar-refractivity contribution in [3.63, 3.8) is 0 Å². The number of nitrogens with two attached hydrogens (primary N) is 1. The third kappa shape index (κ3) is 4.79. The molecule has 0 saturated heterocycles. The molecule has 0 bridgehead atoms. The van der Waals surface area contributed by atoms with Crippen LogP contribution in [0.4, 0.5) is 10.1 Å². The molecule has 2 aromatic rings. The maximum Gasteiger partial charge on any atom is 0.193 e. The lowest BCUT2D eigenvalue weighted by molar-refractivity contribution is 0.181. The van der Waals surface area contributed by atoms with E-state index >= 15 is 0 Å². The summed E-state index contributed by atoms with van der Waals surface area (Å²) in [5, 5.41) is 3.06. The first-order valence-corrected chi connectivity index (χ1v) is 7.40. The number of ether oxygens (including phenoxy) is 1. The second-order valence-electron chi connectivity index (χ2n) is 5.48. The normalized spacial score (nSPS) is 11.6. The summed E-state index contributed by atoms with van der Waals surface area (Å²) in [4.78, 5) is 4.29. The first-order valence-electron chi connectivity index (χ1n) is 7.40. The Balaban J connectivity index is 2.04. The van der Waals surface area contributed by atoms with Crippen LogP contribution in [0, 0.1) is 19.7 Å². The number of guanidine groups is 1. The van der Waals surface area contributed by atoms with Crippen LogP contribution in [0.25, 0.3) is 0 Å². The second-order valence-corrected chi connectivity index (χ2v) is 5.48. The molecule has 0 amide bonds. The molecule has 0 atom stereocenters. The summed E-state index contributed by atoms with van der Waals surface area (Å²) in [5.74, 6) is 0.0478. The van der Waals surface area contributed by atoms with Gasteiger partial charge in [0.15, 0.2) is 5.96 Å². The quantitative estimate of drug-likeness (QED) is 0.655. The summed E-state index contributed by atoms with van der Waals surface area (Å²) in [5.41, 5.74) is 10.6. The molecule has 0 aromatic heterocycles. The van der Waals surface area contributed by atoms with Crippen LogP contribution in [0.5, 0.6) is 0 Å². The Labute approximate surface area is 136 Å². The van der Waals surface area contributed by atoms with E-state index in [0.717, 1.165) is 11.3 Å². The summed E-state index contributed by atoms with van der Waals surface area (Å²) in [7, 11) is 1.54. The van der Waals surface area contributed by atoms with Crippen LogP contribution in [0.1, 0.15) is 22.3 Å². The average Bonchev–Trinajstić information content (AvgIpc) is 2.52. The average molecular weight is 315 g/mol. The number of aliphatic imine (C=N–C) groups is 1. The largest absolute Gasteiger partial charge is 0.380 e. The zero-order valence-corrected chi connectivity index (χ0v) is 13.7. The molecule has 122 valence electrons. The number of anilines is 1. The van der Waals surface area contributed by atoms with Gasteiger partial charge in [0.25, 0.3) is 0 Å². The number of methoxy groups -OCH3 is 1. The number of nitrogens with zero attached hydrogens (tertiary/aromatic N) is 1. The zero-order chi connectivity index (χ0) is 16.8. The van der Waals surface area contributed by atoms with Crippen molar-refractivity contribution >= 4 is 11.6 Å². The first-order chi connectivity index (χ1) is 11.0. The minimum atomic E-state index is -0.277. The highest BCUT2D eigenvalue weighted by Gasteiger charge is 2.04. The lowest BCUT2D eigenvalue weighted by Gasteiger charge is -2.08. The Bertz CT molecular complexity index is 713. The fourth-order valence-electron chi connectivity index (χ4n) is 2.18. The van der Waals surface area contributed by atoms with Gasteiger partial charge in [-0.3, -0.25) is 0 Å². The minimum Gasteiger partial charge on any atom is -0.380 e. The Morgan fingerprint density at radius 1 is 1.17 bits per heavy atom. The third-order valence-corrected chi connectivity index (χ3v) is 3.62. The van der Waals surface area contributed by atoms with Crippen LogP contribution < -0.4 is 11.1 Å². The van der Waals surface area contributed by atoms with Gasteiger partial charge in [-0.15, -0.1) is 0 Å². The minimum absolute atomic E-state index is 0.236. The topological polar surface area (TPSA) is 59.6 Å². The predicted molar refractivity (Wildman–Crippen MR) is 92.0 cm³/mol. The van der Waals surface area contributed by atoms with Gasteiger partial charge in [0.2, 0.25) is 0 Å². The van der Waals surface area contributed by atoms with Gasteiger partial charge in [-0.1, -0.05) is 12.1 Å². The molecule has 5 heteroatoms.